The molecule has 2 aromatic heterocycles. The predicted octanol–water partition coefficient (Wildman–Crippen LogP) is -0.637. The first-order valence-electron chi connectivity index (χ1n) is 7.69. The zero-order valence-electron chi connectivity index (χ0n) is 13.4. The first-order chi connectivity index (χ1) is 12.1. The molecule has 9 nitrogen and oxygen atoms in total. The number of hydrogen-bond acceptors (Lipinski definition) is 7. The van der Waals surface area contributed by atoms with Crippen molar-refractivity contribution >= 4 is 35.8 Å². The summed E-state index contributed by atoms with van der Waals surface area (Å²) in [6, 6.07) is 5.65. The molecule has 0 amide bonds. The Bertz CT molecular complexity index is 1030. The molecule has 126 valence electrons. The van der Waals surface area contributed by atoms with E-state index in [1.807, 2.05) is 18.2 Å². The Kier molecular flexibility index (Phi) is 3.82. The Labute approximate surface area is 142 Å². The van der Waals surface area contributed by atoms with Crippen molar-refractivity contribution in [1.29, 1.82) is 0 Å². The van der Waals surface area contributed by atoms with Gasteiger partial charge in [-0.3, -0.25) is 9.56 Å². The van der Waals surface area contributed by atoms with Crippen molar-refractivity contribution in [2.24, 2.45) is 12.0 Å². The standard InChI is InChI=1S/C15H15BN6O3/c1-22-14-12(21-15(22)23)13(19-8-20-14)18-7-17-5-9-2-3-11-10(4-9)6-25-16(11)24/h2-5,8,24H,6-7H2,1H3,(H,21,23)(H,18,19,20)/b17-5+. The maximum Gasteiger partial charge on any atom is 0.491 e. The fourth-order valence-electron chi connectivity index (χ4n) is 2.77. The van der Waals surface area contributed by atoms with Gasteiger partial charge in [-0.2, -0.15) is 0 Å². The van der Waals surface area contributed by atoms with E-state index in [4.69, 9.17) is 4.65 Å². The molecule has 0 unspecified atom stereocenters. The highest BCUT2D eigenvalue weighted by Gasteiger charge is 2.26. The van der Waals surface area contributed by atoms with E-state index in [1.54, 1.807) is 13.3 Å². The summed E-state index contributed by atoms with van der Waals surface area (Å²) < 4.78 is 6.59. The molecular formula is C15H15BN6O3. The molecule has 1 aliphatic rings. The number of aryl methyl sites for hydroxylation is 1. The summed E-state index contributed by atoms with van der Waals surface area (Å²) in [5, 5.41) is 12.7. The van der Waals surface area contributed by atoms with Gasteiger partial charge in [-0.25, -0.2) is 14.8 Å². The first-order valence-corrected chi connectivity index (χ1v) is 7.69. The Hall–Kier alpha value is -2.98. The van der Waals surface area contributed by atoms with E-state index in [2.05, 4.69) is 25.3 Å². The minimum Gasteiger partial charge on any atom is -0.423 e. The molecule has 10 heteroatoms. The summed E-state index contributed by atoms with van der Waals surface area (Å²) >= 11 is 0. The molecular weight excluding hydrogens is 323 g/mol. The number of imidazole rings is 1. The molecule has 0 bridgehead atoms. The van der Waals surface area contributed by atoms with Gasteiger partial charge >= 0.3 is 12.8 Å². The summed E-state index contributed by atoms with van der Waals surface area (Å²) in [6.45, 7) is 0.690. The third kappa shape index (κ3) is 2.81. The van der Waals surface area contributed by atoms with E-state index in [0.717, 1.165) is 16.6 Å². The molecule has 0 saturated carbocycles. The van der Waals surface area contributed by atoms with Gasteiger partial charge in [-0.05, 0) is 22.7 Å². The van der Waals surface area contributed by atoms with E-state index in [9.17, 15) is 9.82 Å². The van der Waals surface area contributed by atoms with Crippen molar-refractivity contribution in [1.82, 2.24) is 19.5 Å². The van der Waals surface area contributed by atoms with Crippen LogP contribution in [0.25, 0.3) is 11.2 Å². The van der Waals surface area contributed by atoms with Crippen molar-refractivity contribution in [2.45, 2.75) is 6.61 Å². The van der Waals surface area contributed by atoms with Gasteiger partial charge in [0.15, 0.2) is 11.5 Å². The highest BCUT2D eigenvalue weighted by Crippen LogP contribution is 2.14. The number of nitrogens with zero attached hydrogens (tertiary/aromatic N) is 4. The van der Waals surface area contributed by atoms with Gasteiger partial charge in [-0.15, -0.1) is 0 Å². The minimum absolute atomic E-state index is 0.246. The van der Waals surface area contributed by atoms with E-state index in [-0.39, 0.29) is 5.69 Å². The third-order valence-electron chi connectivity index (χ3n) is 4.09. The van der Waals surface area contributed by atoms with Gasteiger partial charge < -0.3 is 20.0 Å². The molecule has 25 heavy (non-hydrogen) atoms. The smallest absolute Gasteiger partial charge is 0.423 e. The largest absolute Gasteiger partial charge is 0.491 e. The number of rotatable bonds is 4. The van der Waals surface area contributed by atoms with Gasteiger partial charge in [0, 0.05) is 13.3 Å². The van der Waals surface area contributed by atoms with Crippen LogP contribution >= 0.6 is 0 Å². The number of aromatic amines is 1. The zero-order valence-corrected chi connectivity index (χ0v) is 13.4. The summed E-state index contributed by atoms with van der Waals surface area (Å²) in [4.78, 5) is 26.9. The SMILES string of the molecule is Cn1c(=O)[nH]c2c(NC/N=C/c3ccc4c(c3)COB4O)ncnc21. The summed E-state index contributed by atoms with van der Waals surface area (Å²) in [7, 11) is 0.806. The lowest BCUT2D eigenvalue weighted by Gasteiger charge is -2.03. The number of anilines is 1. The fourth-order valence-corrected chi connectivity index (χ4v) is 2.77. The lowest BCUT2D eigenvalue weighted by atomic mass is 9.79. The Morgan fingerprint density at radius 2 is 2.40 bits per heavy atom. The van der Waals surface area contributed by atoms with Crippen molar-refractivity contribution in [2.75, 3.05) is 12.0 Å². The van der Waals surface area contributed by atoms with Crippen LogP contribution in [0.1, 0.15) is 11.1 Å². The van der Waals surface area contributed by atoms with Crippen LogP contribution in [0, 0.1) is 0 Å². The Morgan fingerprint density at radius 1 is 1.52 bits per heavy atom. The van der Waals surface area contributed by atoms with Gasteiger partial charge in [0.25, 0.3) is 0 Å². The highest BCUT2D eigenvalue weighted by atomic mass is 16.5. The number of hydrogen-bond donors (Lipinski definition) is 3. The molecule has 0 atom stereocenters. The molecule has 4 rings (SSSR count). The van der Waals surface area contributed by atoms with Crippen LogP contribution in [0.3, 0.4) is 0 Å². The molecule has 0 aliphatic carbocycles. The van der Waals surface area contributed by atoms with Crippen LogP contribution in [-0.2, 0) is 18.3 Å². The maximum atomic E-state index is 11.7. The summed E-state index contributed by atoms with van der Waals surface area (Å²) in [6.07, 6.45) is 3.12. The second kappa shape index (κ2) is 6.15. The van der Waals surface area contributed by atoms with E-state index >= 15 is 0 Å². The quantitative estimate of drug-likeness (QED) is 0.430. The third-order valence-corrected chi connectivity index (χ3v) is 4.09. The lowest BCUT2D eigenvalue weighted by molar-refractivity contribution is 0.275. The van der Waals surface area contributed by atoms with Crippen LogP contribution in [0.2, 0.25) is 0 Å². The minimum atomic E-state index is -0.837. The van der Waals surface area contributed by atoms with Crippen molar-refractivity contribution < 1.29 is 9.68 Å². The molecule has 0 saturated heterocycles. The fraction of sp³-hybridized carbons (Fsp3) is 0.200. The van der Waals surface area contributed by atoms with E-state index in [0.29, 0.717) is 30.3 Å². The summed E-state index contributed by atoms with van der Waals surface area (Å²) in [5.41, 5.74) is 3.51. The molecule has 1 aliphatic heterocycles. The molecule has 3 aromatic rings. The average Bonchev–Trinajstić information content (AvgIpc) is 3.13. The average molecular weight is 338 g/mol. The Morgan fingerprint density at radius 3 is 3.28 bits per heavy atom. The van der Waals surface area contributed by atoms with Crippen molar-refractivity contribution in [3.63, 3.8) is 0 Å². The molecule has 0 radical (unpaired) electrons. The van der Waals surface area contributed by atoms with Gasteiger partial charge in [0.05, 0.1) is 6.61 Å². The van der Waals surface area contributed by atoms with Crippen molar-refractivity contribution in [3.8, 4) is 0 Å². The molecule has 1 aromatic carbocycles. The van der Waals surface area contributed by atoms with E-state index < -0.39 is 7.12 Å². The maximum absolute atomic E-state index is 11.7. The van der Waals surface area contributed by atoms with Crippen LogP contribution in [-0.4, -0.2) is 44.5 Å². The molecule has 0 fully saturated rings. The summed E-state index contributed by atoms with van der Waals surface area (Å²) in [5.74, 6) is 0.519. The predicted molar refractivity (Wildman–Crippen MR) is 94.1 cm³/mol. The molecule has 3 heterocycles. The second-order valence-electron chi connectivity index (χ2n) is 5.68. The van der Waals surface area contributed by atoms with Gasteiger partial charge in [0.1, 0.15) is 18.5 Å². The van der Waals surface area contributed by atoms with Crippen LogP contribution < -0.4 is 16.5 Å². The molecule has 0 spiro atoms. The van der Waals surface area contributed by atoms with Crippen molar-refractivity contribution in [3.05, 3.63) is 46.1 Å². The number of aromatic nitrogens is 4. The van der Waals surface area contributed by atoms with Gasteiger partial charge in [0.2, 0.25) is 0 Å². The monoisotopic (exact) mass is 338 g/mol. The lowest BCUT2D eigenvalue weighted by Crippen LogP contribution is -2.27. The van der Waals surface area contributed by atoms with Crippen LogP contribution in [0.15, 0.2) is 34.3 Å². The molecule has 3 N–H and O–H groups in total. The number of fused-ring (bicyclic) bond motifs is 2. The van der Waals surface area contributed by atoms with Gasteiger partial charge in [-0.1, -0.05) is 12.1 Å². The first kappa shape index (κ1) is 15.5. The second-order valence-corrected chi connectivity index (χ2v) is 5.68. The topological polar surface area (TPSA) is 117 Å². The number of H-pyrrole nitrogens is 1. The zero-order chi connectivity index (χ0) is 17.4. The number of nitrogens with one attached hydrogen (secondary N) is 2. The Balaban J connectivity index is 1.47. The van der Waals surface area contributed by atoms with Crippen LogP contribution in [0.4, 0.5) is 5.82 Å². The number of benzene rings is 1. The number of aliphatic imine (C=N–C) groups is 1. The van der Waals surface area contributed by atoms with Crippen LogP contribution in [0.5, 0.6) is 0 Å². The van der Waals surface area contributed by atoms with E-state index in [1.165, 1.54) is 10.9 Å². The highest BCUT2D eigenvalue weighted by molar-refractivity contribution is 6.61. The normalized spacial score (nSPS) is 13.8.